The smallest absolute Gasteiger partial charge is 0.000821 e. The molecule has 1 heterocycles. The van der Waals surface area contributed by atoms with Crippen LogP contribution in [-0.4, -0.2) is 13.1 Å². The third-order valence-electron chi connectivity index (χ3n) is 2.98. The van der Waals surface area contributed by atoms with Gasteiger partial charge in [-0.2, -0.15) is 0 Å². The minimum atomic E-state index is 0.583. The van der Waals surface area contributed by atoms with Crippen molar-refractivity contribution in [3.8, 4) is 0 Å². The molecule has 1 aliphatic heterocycles. The normalized spacial score (nSPS) is 36.3. The van der Waals surface area contributed by atoms with E-state index in [1.807, 2.05) is 13.8 Å². The maximum absolute atomic E-state index is 3.41. The van der Waals surface area contributed by atoms with Crippen LogP contribution in [0.25, 0.3) is 0 Å². The molecule has 0 saturated carbocycles. The maximum atomic E-state index is 3.41. The molecular formula is C10H23N. The molecule has 0 spiro atoms. The van der Waals surface area contributed by atoms with Gasteiger partial charge in [0.1, 0.15) is 0 Å². The Labute approximate surface area is 71.6 Å². The summed E-state index contributed by atoms with van der Waals surface area (Å²) in [5, 5.41) is 3.41. The molecule has 0 aromatic heterocycles. The highest BCUT2D eigenvalue weighted by molar-refractivity contribution is 4.87. The van der Waals surface area contributed by atoms with E-state index in [-0.39, 0.29) is 0 Å². The minimum Gasteiger partial charge on any atom is -0.316 e. The highest BCUT2D eigenvalue weighted by Crippen LogP contribution is 2.33. The van der Waals surface area contributed by atoms with Gasteiger partial charge in [-0.05, 0) is 24.3 Å². The van der Waals surface area contributed by atoms with Gasteiger partial charge in [0, 0.05) is 6.54 Å². The highest BCUT2D eigenvalue weighted by Gasteiger charge is 2.33. The molecule has 1 nitrogen and oxygen atoms in total. The molecule has 1 saturated heterocycles. The van der Waals surface area contributed by atoms with Crippen LogP contribution >= 0.6 is 0 Å². The van der Waals surface area contributed by atoms with E-state index in [4.69, 9.17) is 0 Å². The fourth-order valence-electron chi connectivity index (χ4n) is 1.47. The van der Waals surface area contributed by atoms with E-state index in [1.54, 1.807) is 0 Å². The lowest BCUT2D eigenvalue weighted by molar-refractivity contribution is 0.264. The Morgan fingerprint density at radius 1 is 1.45 bits per heavy atom. The topological polar surface area (TPSA) is 12.0 Å². The molecule has 1 aliphatic rings. The molecule has 0 radical (unpaired) electrons. The second-order valence-corrected chi connectivity index (χ2v) is 3.54. The largest absolute Gasteiger partial charge is 0.316 e. The minimum absolute atomic E-state index is 0.583. The van der Waals surface area contributed by atoms with Crippen molar-refractivity contribution < 1.29 is 0 Å². The van der Waals surface area contributed by atoms with E-state index in [9.17, 15) is 0 Å². The Kier molecular flexibility index (Phi) is 4.74. The van der Waals surface area contributed by atoms with Gasteiger partial charge in [-0.15, -0.1) is 0 Å². The van der Waals surface area contributed by atoms with Crippen molar-refractivity contribution in [1.82, 2.24) is 5.32 Å². The van der Waals surface area contributed by atoms with Gasteiger partial charge in [-0.25, -0.2) is 0 Å². The summed E-state index contributed by atoms with van der Waals surface area (Å²) < 4.78 is 0. The zero-order valence-electron chi connectivity index (χ0n) is 8.70. The number of nitrogens with one attached hydrogen (secondary N) is 1. The van der Waals surface area contributed by atoms with Crippen molar-refractivity contribution in [1.29, 1.82) is 0 Å². The molecule has 1 rings (SSSR count). The summed E-state index contributed by atoms with van der Waals surface area (Å²) in [6.07, 6.45) is 1.31. The fourth-order valence-corrected chi connectivity index (χ4v) is 1.47. The first-order valence-corrected chi connectivity index (χ1v) is 4.90. The van der Waals surface area contributed by atoms with Gasteiger partial charge in [0.25, 0.3) is 0 Å². The third-order valence-corrected chi connectivity index (χ3v) is 2.98. The standard InChI is InChI=1S/C8H17N.C2H6/c1-4-8(3)6-9-5-7(8)2;1-2/h7,9H,4-6H2,1-3H3;1-2H3. The molecule has 0 amide bonds. The molecule has 68 valence electrons. The van der Waals surface area contributed by atoms with Crippen molar-refractivity contribution in [3.63, 3.8) is 0 Å². The Hall–Kier alpha value is -0.0400. The van der Waals surface area contributed by atoms with Gasteiger partial charge in [-0.3, -0.25) is 0 Å². The van der Waals surface area contributed by atoms with E-state index in [0.717, 1.165) is 5.92 Å². The molecule has 0 aromatic rings. The number of hydrogen-bond donors (Lipinski definition) is 1. The van der Waals surface area contributed by atoms with Crippen LogP contribution in [0.1, 0.15) is 41.0 Å². The Morgan fingerprint density at radius 3 is 2.18 bits per heavy atom. The second kappa shape index (κ2) is 4.76. The molecule has 0 aromatic carbocycles. The molecule has 1 heteroatoms. The lowest BCUT2D eigenvalue weighted by atomic mass is 9.79. The quantitative estimate of drug-likeness (QED) is 0.617. The van der Waals surface area contributed by atoms with Crippen LogP contribution in [0, 0.1) is 11.3 Å². The molecule has 2 atom stereocenters. The molecule has 2 unspecified atom stereocenters. The van der Waals surface area contributed by atoms with E-state index < -0.39 is 0 Å². The summed E-state index contributed by atoms with van der Waals surface area (Å²) in [6, 6.07) is 0. The van der Waals surface area contributed by atoms with E-state index >= 15 is 0 Å². The summed E-state index contributed by atoms with van der Waals surface area (Å²) in [4.78, 5) is 0. The van der Waals surface area contributed by atoms with Crippen LogP contribution in [0.15, 0.2) is 0 Å². The lowest BCUT2D eigenvalue weighted by Crippen LogP contribution is -2.23. The van der Waals surface area contributed by atoms with Gasteiger partial charge in [-0.1, -0.05) is 34.6 Å². The monoisotopic (exact) mass is 157 g/mol. The van der Waals surface area contributed by atoms with Gasteiger partial charge in [0.05, 0.1) is 0 Å². The summed E-state index contributed by atoms with van der Waals surface area (Å²) >= 11 is 0. The number of hydrogen-bond acceptors (Lipinski definition) is 1. The van der Waals surface area contributed by atoms with Crippen molar-refractivity contribution in [2.75, 3.05) is 13.1 Å². The highest BCUT2D eigenvalue weighted by atomic mass is 14.9. The van der Waals surface area contributed by atoms with Crippen molar-refractivity contribution in [3.05, 3.63) is 0 Å². The lowest BCUT2D eigenvalue weighted by Gasteiger charge is -2.25. The SMILES string of the molecule is CC.CCC1(C)CNCC1C. The zero-order chi connectivity index (χ0) is 8.91. The fraction of sp³-hybridized carbons (Fsp3) is 1.00. The maximum Gasteiger partial charge on any atom is 0.000821 e. The first-order chi connectivity index (χ1) is 5.19. The van der Waals surface area contributed by atoms with E-state index in [0.29, 0.717) is 5.41 Å². The van der Waals surface area contributed by atoms with Gasteiger partial charge in [0.2, 0.25) is 0 Å². The predicted molar refractivity (Wildman–Crippen MR) is 51.8 cm³/mol. The van der Waals surface area contributed by atoms with Crippen LogP contribution in [0.5, 0.6) is 0 Å². The average Bonchev–Trinajstić information content (AvgIpc) is 2.38. The van der Waals surface area contributed by atoms with Crippen LogP contribution in [-0.2, 0) is 0 Å². The molecular weight excluding hydrogens is 134 g/mol. The summed E-state index contributed by atoms with van der Waals surface area (Å²) in [5.41, 5.74) is 0.583. The number of rotatable bonds is 1. The summed E-state index contributed by atoms with van der Waals surface area (Å²) in [7, 11) is 0. The Bertz CT molecular complexity index is 101. The van der Waals surface area contributed by atoms with E-state index in [2.05, 4.69) is 26.1 Å². The first kappa shape index (κ1) is 11.0. The van der Waals surface area contributed by atoms with Crippen molar-refractivity contribution in [2.24, 2.45) is 11.3 Å². The van der Waals surface area contributed by atoms with Gasteiger partial charge < -0.3 is 5.32 Å². The van der Waals surface area contributed by atoms with Crippen molar-refractivity contribution >= 4 is 0 Å². The Balaban J connectivity index is 0.000000461. The first-order valence-electron chi connectivity index (χ1n) is 4.90. The predicted octanol–water partition coefficient (Wildman–Crippen LogP) is 2.67. The third kappa shape index (κ3) is 2.48. The molecule has 1 N–H and O–H groups in total. The summed E-state index contributed by atoms with van der Waals surface area (Å²) in [6.45, 7) is 13.4. The van der Waals surface area contributed by atoms with Gasteiger partial charge in [0.15, 0.2) is 0 Å². The second-order valence-electron chi connectivity index (χ2n) is 3.54. The van der Waals surface area contributed by atoms with Crippen LogP contribution in [0.2, 0.25) is 0 Å². The molecule has 0 aliphatic carbocycles. The van der Waals surface area contributed by atoms with Crippen LogP contribution in [0.3, 0.4) is 0 Å². The van der Waals surface area contributed by atoms with Gasteiger partial charge >= 0.3 is 0 Å². The molecule has 1 fully saturated rings. The van der Waals surface area contributed by atoms with Crippen LogP contribution in [0.4, 0.5) is 0 Å². The van der Waals surface area contributed by atoms with E-state index in [1.165, 1.54) is 19.5 Å². The van der Waals surface area contributed by atoms with Crippen molar-refractivity contribution in [2.45, 2.75) is 41.0 Å². The average molecular weight is 157 g/mol. The molecule has 11 heavy (non-hydrogen) atoms. The Morgan fingerprint density at radius 2 is 2.00 bits per heavy atom. The molecule has 0 bridgehead atoms. The summed E-state index contributed by atoms with van der Waals surface area (Å²) in [5.74, 6) is 0.863. The van der Waals surface area contributed by atoms with Crippen LogP contribution < -0.4 is 5.32 Å². The zero-order valence-corrected chi connectivity index (χ0v) is 8.70.